The van der Waals surface area contributed by atoms with Crippen molar-refractivity contribution in [2.45, 2.75) is 13.3 Å². The summed E-state index contributed by atoms with van der Waals surface area (Å²) in [6.45, 7) is 1.82. The first-order valence-electron chi connectivity index (χ1n) is 2.60. The zero-order valence-electron chi connectivity index (χ0n) is 5.09. The molecule has 46 valence electrons. The van der Waals surface area contributed by atoms with Crippen molar-refractivity contribution in [2.75, 3.05) is 0 Å². The maximum atomic E-state index is 8.22. The van der Waals surface area contributed by atoms with E-state index in [9.17, 15) is 0 Å². The Morgan fingerprint density at radius 2 is 2.67 bits per heavy atom. The van der Waals surface area contributed by atoms with Gasteiger partial charge in [-0.3, -0.25) is 0 Å². The topological polar surface area (TPSA) is 49.8 Å². The van der Waals surface area contributed by atoms with Crippen LogP contribution in [-0.2, 0) is 6.42 Å². The normalized spacial score (nSPS) is 8.89. The maximum Gasteiger partial charge on any atom is 0.181 e. The van der Waals surface area contributed by atoms with E-state index in [4.69, 9.17) is 9.68 Å². The number of nitriles is 1. The molecule has 0 aliphatic carbocycles. The van der Waals surface area contributed by atoms with E-state index in [1.54, 1.807) is 0 Å². The van der Waals surface area contributed by atoms with Gasteiger partial charge in [-0.1, -0.05) is 0 Å². The summed E-state index contributed by atoms with van der Waals surface area (Å²) in [7, 11) is 0. The minimum Gasteiger partial charge on any atom is -0.447 e. The molecule has 0 bridgehead atoms. The van der Waals surface area contributed by atoms with Crippen molar-refractivity contribution in [1.82, 2.24) is 4.98 Å². The average molecular weight is 122 g/mol. The van der Waals surface area contributed by atoms with E-state index in [0.29, 0.717) is 12.2 Å². The standard InChI is InChI=1S/C6H6N2O/c1-5-6(2-3-7)9-4-8-5/h4H,2H2,1H3. The molecular weight excluding hydrogens is 116 g/mol. The predicted molar refractivity (Wildman–Crippen MR) is 30.6 cm³/mol. The lowest BCUT2D eigenvalue weighted by molar-refractivity contribution is 0.516. The number of nitrogens with zero attached hydrogens (tertiary/aromatic N) is 2. The number of aryl methyl sites for hydroxylation is 1. The van der Waals surface area contributed by atoms with Gasteiger partial charge in [0.2, 0.25) is 0 Å². The largest absolute Gasteiger partial charge is 0.447 e. The van der Waals surface area contributed by atoms with Crippen molar-refractivity contribution in [2.24, 2.45) is 0 Å². The highest BCUT2D eigenvalue weighted by atomic mass is 16.3. The minimum absolute atomic E-state index is 0.311. The Kier molecular flexibility index (Phi) is 1.50. The summed E-state index contributed by atoms with van der Waals surface area (Å²) in [5.74, 6) is 0.664. The summed E-state index contributed by atoms with van der Waals surface area (Å²) < 4.78 is 4.87. The molecule has 1 rings (SSSR count). The fraction of sp³-hybridized carbons (Fsp3) is 0.333. The van der Waals surface area contributed by atoms with E-state index in [2.05, 4.69) is 4.98 Å². The lowest BCUT2D eigenvalue weighted by Crippen LogP contribution is -1.80. The van der Waals surface area contributed by atoms with Gasteiger partial charge in [0.15, 0.2) is 6.39 Å². The zero-order valence-corrected chi connectivity index (χ0v) is 5.09. The number of aromatic nitrogens is 1. The Labute approximate surface area is 52.9 Å². The van der Waals surface area contributed by atoms with Crippen LogP contribution in [-0.4, -0.2) is 4.98 Å². The third-order valence-corrected chi connectivity index (χ3v) is 1.08. The second kappa shape index (κ2) is 2.31. The molecule has 0 saturated heterocycles. The molecule has 0 aromatic carbocycles. The molecule has 0 aliphatic rings. The Hall–Kier alpha value is -1.30. The van der Waals surface area contributed by atoms with Gasteiger partial charge in [0.1, 0.15) is 5.76 Å². The molecular formula is C6H6N2O. The van der Waals surface area contributed by atoms with Crippen molar-refractivity contribution < 1.29 is 4.42 Å². The molecule has 3 nitrogen and oxygen atoms in total. The van der Waals surface area contributed by atoms with Crippen LogP contribution in [0.5, 0.6) is 0 Å². The SMILES string of the molecule is Cc1ncoc1CC#N. The first kappa shape index (κ1) is 5.83. The monoisotopic (exact) mass is 122 g/mol. The van der Waals surface area contributed by atoms with Gasteiger partial charge in [0, 0.05) is 0 Å². The van der Waals surface area contributed by atoms with Gasteiger partial charge in [-0.15, -0.1) is 0 Å². The van der Waals surface area contributed by atoms with Gasteiger partial charge in [0.05, 0.1) is 18.2 Å². The van der Waals surface area contributed by atoms with E-state index in [-0.39, 0.29) is 0 Å². The van der Waals surface area contributed by atoms with E-state index in [1.807, 2.05) is 13.0 Å². The second-order valence-corrected chi connectivity index (χ2v) is 1.70. The van der Waals surface area contributed by atoms with Crippen molar-refractivity contribution in [3.05, 3.63) is 17.8 Å². The lowest BCUT2D eigenvalue weighted by atomic mass is 10.3. The molecule has 1 aromatic heterocycles. The molecule has 1 aromatic rings. The fourth-order valence-corrected chi connectivity index (χ4v) is 0.568. The zero-order chi connectivity index (χ0) is 6.69. The highest BCUT2D eigenvalue weighted by Gasteiger charge is 1.99. The lowest BCUT2D eigenvalue weighted by Gasteiger charge is -1.82. The number of hydrogen-bond donors (Lipinski definition) is 0. The van der Waals surface area contributed by atoms with Gasteiger partial charge >= 0.3 is 0 Å². The van der Waals surface area contributed by atoms with E-state index < -0.39 is 0 Å². The average Bonchev–Trinajstić information content (AvgIpc) is 2.18. The molecule has 0 atom stereocenters. The molecule has 0 aliphatic heterocycles. The molecule has 0 unspecified atom stereocenters. The molecule has 0 saturated carbocycles. The van der Waals surface area contributed by atoms with Gasteiger partial charge in [-0.05, 0) is 6.92 Å². The smallest absolute Gasteiger partial charge is 0.181 e. The van der Waals surface area contributed by atoms with Crippen LogP contribution in [0.1, 0.15) is 11.5 Å². The summed E-state index contributed by atoms with van der Waals surface area (Å²) in [5, 5.41) is 8.22. The van der Waals surface area contributed by atoms with Crippen LogP contribution in [0.4, 0.5) is 0 Å². The molecule has 0 fully saturated rings. The van der Waals surface area contributed by atoms with Crippen LogP contribution < -0.4 is 0 Å². The first-order chi connectivity index (χ1) is 4.34. The van der Waals surface area contributed by atoms with Crippen molar-refractivity contribution in [3.63, 3.8) is 0 Å². The van der Waals surface area contributed by atoms with Crippen molar-refractivity contribution >= 4 is 0 Å². The second-order valence-electron chi connectivity index (χ2n) is 1.70. The van der Waals surface area contributed by atoms with Crippen LogP contribution in [0.15, 0.2) is 10.8 Å². The predicted octanol–water partition coefficient (Wildman–Crippen LogP) is 1.05. The van der Waals surface area contributed by atoms with E-state index in [1.165, 1.54) is 6.39 Å². The minimum atomic E-state index is 0.311. The number of hydrogen-bond acceptors (Lipinski definition) is 3. The van der Waals surface area contributed by atoms with Crippen LogP contribution in [0.25, 0.3) is 0 Å². The molecule has 9 heavy (non-hydrogen) atoms. The van der Waals surface area contributed by atoms with Gasteiger partial charge in [-0.25, -0.2) is 4.98 Å². The van der Waals surface area contributed by atoms with Crippen LogP contribution in [0.3, 0.4) is 0 Å². The third-order valence-electron chi connectivity index (χ3n) is 1.08. The molecule has 1 heterocycles. The molecule has 0 radical (unpaired) electrons. The van der Waals surface area contributed by atoms with Crippen LogP contribution in [0, 0.1) is 18.3 Å². The highest BCUT2D eigenvalue weighted by Crippen LogP contribution is 2.03. The third kappa shape index (κ3) is 1.08. The fourth-order valence-electron chi connectivity index (χ4n) is 0.568. The Morgan fingerprint density at radius 1 is 1.89 bits per heavy atom. The van der Waals surface area contributed by atoms with Crippen molar-refractivity contribution in [1.29, 1.82) is 5.26 Å². The summed E-state index contributed by atoms with van der Waals surface area (Å²) in [6.07, 6.45) is 1.66. The Bertz CT molecular complexity index is 233. The molecule has 3 heteroatoms. The summed E-state index contributed by atoms with van der Waals surface area (Å²) in [6, 6.07) is 1.98. The summed E-state index contributed by atoms with van der Waals surface area (Å²) in [4.78, 5) is 3.82. The highest BCUT2D eigenvalue weighted by molar-refractivity contribution is 5.08. The van der Waals surface area contributed by atoms with Gasteiger partial charge in [0.25, 0.3) is 0 Å². The first-order valence-corrected chi connectivity index (χ1v) is 2.60. The summed E-state index contributed by atoms with van der Waals surface area (Å²) >= 11 is 0. The maximum absolute atomic E-state index is 8.22. The summed E-state index contributed by atoms with van der Waals surface area (Å²) in [5.41, 5.74) is 0.802. The van der Waals surface area contributed by atoms with Crippen LogP contribution in [0.2, 0.25) is 0 Å². The molecule has 0 amide bonds. The number of oxazole rings is 1. The molecule has 0 N–H and O–H groups in total. The molecule has 0 spiro atoms. The van der Waals surface area contributed by atoms with Crippen molar-refractivity contribution in [3.8, 4) is 6.07 Å². The Balaban J connectivity index is 2.84. The van der Waals surface area contributed by atoms with E-state index in [0.717, 1.165) is 5.69 Å². The number of rotatable bonds is 1. The quantitative estimate of drug-likeness (QED) is 0.559. The van der Waals surface area contributed by atoms with Crippen LogP contribution >= 0.6 is 0 Å². The van der Waals surface area contributed by atoms with E-state index >= 15 is 0 Å². The van der Waals surface area contributed by atoms with Gasteiger partial charge in [-0.2, -0.15) is 5.26 Å². The Morgan fingerprint density at radius 3 is 3.11 bits per heavy atom. The van der Waals surface area contributed by atoms with Gasteiger partial charge < -0.3 is 4.42 Å².